The molecule has 96 valence electrons. The molecule has 2 aliphatic rings. The van der Waals surface area contributed by atoms with Crippen molar-refractivity contribution in [3.8, 4) is 0 Å². The predicted molar refractivity (Wildman–Crippen MR) is 72.7 cm³/mol. The van der Waals surface area contributed by atoms with Gasteiger partial charge in [-0.2, -0.15) is 0 Å². The van der Waals surface area contributed by atoms with E-state index in [0.717, 1.165) is 36.9 Å². The molecule has 2 fully saturated rings. The Balaban J connectivity index is 1.56. The number of carboxylic acid groups (broad SMARTS) is 1. The fraction of sp³-hybridized carbons (Fsp3) is 0.533. The van der Waals surface area contributed by atoms with Crippen molar-refractivity contribution in [2.75, 3.05) is 5.75 Å². The highest BCUT2D eigenvalue weighted by Crippen LogP contribution is 2.61. The van der Waals surface area contributed by atoms with Crippen molar-refractivity contribution in [3.63, 3.8) is 0 Å². The van der Waals surface area contributed by atoms with Gasteiger partial charge < -0.3 is 5.11 Å². The van der Waals surface area contributed by atoms with Crippen LogP contribution in [0.25, 0.3) is 0 Å². The number of thioether (sulfide) groups is 1. The van der Waals surface area contributed by atoms with Crippen molar-refractivity contribution in [1.29, 1.82) is 0 Å². The molecule has 2 aliphatic carbocycles. The summed E-state index contributed by atoms with van der Waals surface area (Å²) >= 11 is 1.78. The fourth-order valence-corrected chi connectivity index (χ4v) is 4.34. The SMILES string of the molecule is O=C(O)C1(CCSc2ccccc2)CC2CC2C1. The van der Waals surface area contributed by atoms with E-state index in [2.05, 4.69) is 12.1 Å². The summed E-state index contributed by atoms with van der Waals surface area (Å²) in [7, 11) is 0. The second-order valence-electron chi connectivity index (χ2n) is 5.66. The van der Waals surface area contributed by atoms with E-state index in [-0.39, 0.29) is 0 Å². The Morgan fingerprint density at radius 1 is 1.28 bits per heavy atom. The Labute approximate surface area is 112 Å². The predicted octanol–water partition coefficient (Wildman–Crippen LogP) is 3.67. The molecule has 3 heteroatoms. The summed E-state index contributed by atoms with van der Waals surface area (Å²) in [6.45, 7) is 0. The minimum atomic E-state index is -0.566. The van der Waals surface area contributed by atoms with Gasteiger partial charge in [0.05, 0.1) is 5.41 Å². The molecule has 1 aromatic carbocycles. The van der Waals surface area contributed by atoms with Gasteiger partial charge in [0, 0.05) is 4.90 Å². The summed E-state index contributed by atoms with van der Waals surface area (Å²) in [6.07, 6.45) is 3.93. The number of benzene rings is 1. The molecule has 0 saturated heterocycles. The molecule has 0 radical (unpaired) electrons. The number of hydrogen-bond donors (Lipinski definition) is 1. The first-order valence-corrected chi connectivity index (χ1v) is 7.59. The van der Waals surface area contributed by atoms with Gasteiger partial charge in [-0.25, -0.2) is 0 Å². The van der Waals surface area contributed by atoms with Crippen molar-refractivity contribution in [2.45, 2.75) is 30.6 Å². The molecule has 0 spiro atoms. The maximum atomic E-state index is 11.5. The Morgan fingerprint density at radius 2 is 1.94 bits per heavy atom. The summed E-state index contributed by atoms with van der Waals surface area (Å²) in [4.78, 5) is 12.8. The Bertz CT molecular complexity index is 433. The quantitative estimate of drug-likeness (QED) is 0.823. The van der Waals surface area contributed by atoms with Crippen LogP contribution in [0.3, 0.4) is 0 Å². The molecule has 1 aromatic rings. The number of carbonyl (C=O) groups is 1. The number of rotatable bonds is 5. The van der Waals surface area contributed by atoms with Crippen LogP contribution in [0.5, 0.6) is 0 Å². The van der Waals surface area contributed by atoms with Crippen LogP contribution in [0, 0.1) is 17.3 Å². The Kier molecular flexibility index (Phi) is 3.10. The van der Waals surface area contributed by atoms with Crippen LogP contribution >= 0.6 is 11.8 Å². The first kappa shape index (κ1) is 12.1. The molecule has 2 nitrogen and oxygen atoms in total. The summed E-state index contributed by atoms with van der Waals surface area (Å²) in [5.41, 5.74) is -0.407. The lowest BCUT2D eigenvalue weighted by molar-refractivity contribution is -0.149. The average Bonchev–Trinajstić information content (AvgIpc) is 2.98. The van der Waals surface area contributed by atoms with Crippen LogP contribution in [-0.2, 0) is 4.79 Å². The molecule has 0 bridgehead atoms. The van der Waals surface area contributed by atoms with Gasteiger partial charge in [-0.15, -0.1) is 11.8 Å². The molecular formula is C15H18O2S. The van der Waals surface area contributed by atoms with Crippen molar-refractivity contribution in [2.24, 2.45) is 17.3 Å². The van der Waals surface area contributed by atoms with E-state index in [9.17, 15) is 9.90 Å². The second-order valence-corrected chi connectivity index (χ2v) is 6.83. The van der Waals surface area contributed by atoms with Gasteiger partial charge in [0.25, 0.3) is 0 Å². The molecule has 3 rings (SSSR count). The summed E-state index contributed by atoms with van der Waals surface area (Å²) in [5.74, 6) is 1.80. The summed E-state index contributed by atoms with van der Waals surface area (Å²) in [5, 5.41) is 9.49. The topological polar surface area (TPSA) is 37.3 Å². The molecule has 0 amide bonds. The van der Waals surface area contributed by atoms with Crippen molar-refractivity contribution >= 4 is 17.7 Å². The fourth-order valence-electron chi connectivity index (χ4n) is 3.26. The number of fused-ring (bicyclic) bond motifs is 1. The number of hydrogen-bond acceptors (Lipinski definition) is 2. The lowest BCUT2D eigenvalue weighted by Gasteiger charge is -2.25. The van der Waals surface area contributed by atoms with Crippen molar-refractivity contribution < 1.29 is 9.90 Å². The van der Waals surface area contributed by atoms with Gasteiger partial charge >= 0.3 is 5.97 Å². The minimum Gasteiger partial charge on any atom is -0.481 e. The van der Waals surface area contributed by atoms with Crippen LogP contribution in [-0.4, -0.2) is 16.8 Å². The van der Waals surface area contributed by atoms with Crippen LogP contribution in [0.2, 0.25) is 0 Å². The molecule has 0 aliphatic heterocycles. The number of carboxylic acids is 1. The first-order chi connectivity index (χ1) is 8.70. The zero-order valence-electron chi connectivity index (χ0n) is 10.3. The summed E-state index contributed by atoms with van der Waals surface area (Å²) in [6, 6.07) is 10.2. The molecular weight excluding hydrogens is 244 g/mol. The zero-order chi connectivity index (χ0) is 12.6. The Morgan fingerprint density at radius 3 is 2.56 bits per heavy atom. The van der Waals surface area contributed by atoms with Gasteiger partial charge in [0.2, 0.25) is 0 Å². The monoisotopic (exact) mass is 262 g/mol. The normalized spacial score (nSPS) is 33.1. The highest BCUT2D eigenvalue weighted by molar-refractivity contribution is 7.99. The minimum absolute atomic E-state index is 0.407. The highest BCUT2D eigenvalue weighted by atomic mass is 32.2. The molecule has 2 unspecified atom stereocenters. The molecule has 1 N–H and O–H groups in total. The maximum absolute atomic E-state index is 11.5. The van der Waals surface area contributed by atoms with Gasteiger partial charge in [0.1, 0.15) is 0 Å². The van der Waals surface area contributed by atoms with E-state index in [1.807, 2.05) is 18.2 Å². The van der Waals surface area contributed by atoms with Crippen molar-refractivity contribution in [3.05, 3.63) is 30.3 Å². The average molecular weight is 262 g/mol. The lowest BCUT2D eigenvalue weighted by Crippen LogP contribution is -2.30. The molecule has 0 heterocycles. The third kappa shape index (κ3) is 2.28. The first-order valence-electron chi connectivity index (χ1n) is 6.61. The second kappa shape index (κ2) is 4.61. The van der Waals surface area contributed by atoms with Crippen molar-refractivity contribution in [1.82, 2.24) is 0 Å². The molecule has 2 atom stereocenters. The molecule has 0 aromatic heterocycles. The van der Waals surface area contributed by atoms with Gasteiger partial charge in [-0.3, -0.25) is 4.79 Å². The van der Waals surface area contributed by atoms with Gasteiger partial charge in [-0.1, -0.05) is 18.2 Å². The van der Waals surface area contributed by atoms with E-state index in [4.69, 9.17) is 0 Å². The molecule has 2 saturated carbocycles. The third-order valence-electron chi connectivity index (χ3n) is 4.42. The van der Waals surface area contributed by atoms with E-state index in [1.54, 1.807) is 11.8 Å². The standard InChI is InChI=1S/C15H18O2S/c16-14(17)15(9-11-8-12(11)10-15)6-7-18-13-4-2-1-3-5-13/h1-5,11-12H,6-10H2,(H,16,17). The smallest absolute Gasteiger partial charge is 0.309 e. The van der Waals surface area contributed by atoms with E-state index in [0.29, 0.717) is 0 Å². The maximum Gasteiger partial charge on any atom is 0.309 e. The van der Waals surface area contributed by atoms with Crippen LogP contribution in [0.15, 0.2) is 35.2 Å². The highest BCUT2D eigenvalue weighted by Gasteiger charge is 2.57. The summed E-state index contributed by atoms with van der Waals surface area (Å²) < 4.78 is 0. The number of aliphatic carboxylic acids is 1. The van der Waals surface area contributed by atoms with Crippen LogP contribution in [0.4, 0.5) is 0 Å². The molecule has 18 heavy (non-hydrogen) atoms. The van der Waals surface area contributed by atoms with E-state index in [1.165, 1.54) is 11.3 Å². The third-order valence-corrected chi connectivity index (χ3v) is 5.43. The van der Waals surface area contributed by atoms with Crippen LogP contribution in [0.1, 0.15) is 25.7 Å². The Hall–Kier alpha value is -0.960. The van der Waals surface area contributed by atoms with E-state index >= 15 is 0 Å². The van der Waals surface area contributed by atoms with Gasteiger partial charge in [-0.05, 0) is 55.4 Å². The largest absolute Gasteiger partial charge is 0.481 e. The van der Waals surface area contributed by atoms with Crippen LogP contribution < -0.4 is 0 Å². The zero-order valence-corrected chi connectivity index (χ0v) is 11.2. The van der Waals surface area contributed by atoms with Gasteiger partial charge in [0.15, 0.2) is 0 Å². The lowest BCUT2D eigenvalue weighted by atomic mass is 9.80. The van der Waals surface area contributed by atoms with E-state index < -0.39 is 11.4 Å².